The summed E-state index contributed by atoms with van der Waals surface area (Å²) in [5.41, 5.74) is -1.04. The molecule has 1 aliphatic heterocycles. The SMILES string of the molecule is CC(C)COC(=O)C1(C)CSCN1C(=O)O. The Balaban J connectivity index is 2.68. The van der Waals surface area contributed by atoms with Crippen molar-refractivity contribution in [2.75, 3.05) is 18.2 Å². The summed E-state index contributed by atoms with van der Waals surface area (Å²) in [7, 11) is 0. The Labute approximate surface area is 99.1 Å². The Hall–Kier alpha value is -0.910. The fourth-order valence-electron chi connectivity index (χ4n) is 1.39. The summed E-state index contributed by atoms with van der Waals surface area (Å²) >= 11 is 1.42. The van der Waals surface area contributed by atoms with Crippen LogP contribution >= 0.6 is 11.8 Å². The second kappa shape index (κ2) is 4.95. The van der Waals surface area contributed by atoms with Gasteiger partial charge in [-0.15, -0.1) is 11.8 Å². The predicted octanol–water partition coefficient (Wildman–Crippen LogP) is 1.63. The number of esters is 1. The maximum atomic E-state index is 11.8. The molecule has 1 fully saturated rings. The first-order valence-corrected chi connectivity index (χ1v) is 6.29. The van der Waals surface area contributed by atoms with Gasteiger partial charge in [-0.05, 0) is 12.8 Å². The van der Waals surface area contributed by atoms with E-state index < -0.39 is 17.6 Å². The van der Waals surface area contributed by atoms with Gasteiger partial charge < -0.3 is 9.84 Å². The molecule has 1 amide bonds. The predicted molar refractivity (Wildman–Crippen MR) is 61.4 cm³/mol. The summed E-state index contributed by atoms with van der Waals surface area (Å²) in [6.45, 7) is 5.82. The standard InChI is InChI=1S/C10H17NO4S/c1-7(2)4-15-8(12)10(3)5-16-6-11(10)9(13)14/h7H,4-6H2,1-3H3,(H,13,14). The summed E-state index contributed by atoms with van der Waals surface area (Å²) in [6, 6.07) is 0. The zero-order chi connectivity index (χ0) is 12.3. The normalized spacial score (nSPS) is 24.9. The number of nitrogens with zero attached hydrogens (tertiary/aromatic N) is 1. The van der Waals surface area contributed by atoms with Crippen LogP contribution in [0.5, 0.6) is 0 Å². The van der Waals surface area contributed by atoms with Gasteiger partial charge in [-0.25, -0.2) is 9.59 Å². The van der Waals surface area contributed by atoms with Crippen LogP contribution in [0.2, 0.25) is 0 Å². The van der Waals surface area contributed by atoms with Crippen LogP contribution in [0.3, 0.4) is 0 Å². The molecule has 0 radical (unpaired) electrons. The van der Waals surface area contributed by atoms with Gasteiger partial charge >= 0.3 is 12.1 Å². The number of hydrogen-bond acceptors (Lipinski definition) is 4. The maximum absolute atomic E-state index is 11.8. The molecular weight excluding hydrogens is 230 g/mol. The third-order valence-electron chi connectivity index (χ3n) is 2.42. The number of thioether (sulfide) groups is 1. The van der Waals surface area contributed by atoms with Crippen LogP contribution in [-0.4, -0.2) is 45.8 Å². The Morgan fingerprint density at radius 1 is 1.56 bits per heavy atom. The van der Waals surface area contributed by atoms with Crippen LogP contribution in [-0.2, 0) is 9.53 Å². The van der Waals surface area contributed by atoms with Gasteiger partial charge in [0.05, 0.1) is 12.5 Å². The molecule has 0 spiro atoms. The van der Waals surface area contributed by atoms with Crippen molar-refractivity contribution in [2.45, 2.75) is 26.3 Å². The van der Waals surface area contributed by atoms with Crippen LogP contribution in [0, 0.1) is 5.92 Å². The lowest BCUT2D eigenvalue weighted by atomic mass is 10.0. The van der Waals surface area contributed by atoms with Crippen molar-refractivity contribution < 1.29 is 19.4 Å². The number of rotatable bonds is 3. The van der Waals surface area contributed by atoms with Gasteiger partial charge in [0.25, 0.3) is 0 Å². The van der Waals surface area contributed by atoms with E-state index in [1.54, 1.807) is 6.92 Å². The summed E-state index contributed by atoms with van der Waals surface area (Å²) in [5.74, 6) is 0.576. The van der Waals surface area contributed by atoms with Crippen molar-refractivity contribution in [3.05, 3.63) is 0 Å². The average molecular weight is 247 g/mol. The number of carbonyl (C=O) groups excluding carboxylic acids is 1. The van der Waals surface area contributed by atoms with Gasteiger partial charge in [0.1, 0.15) is 0 Å². The highest BCUT2D eigenvalue weighted by Gasteiger charge is 2.47. The topological polar surface area (TPSA) is 66.8 Å². The van der Waals surface area contributed by atoms with Gasteiger partial charge in [0, 0.05) is 5.75 Å². The first-order valence-electron chi connectivity index (χ1n) is 5.13. The van der Waals surface area contributed by atoms with Gasteiger partial charge in [-0.1, -0.05) is 13.8 Å². The van der Waals surface area contributed by atoms with Crippen molar-refractivity contribution in [1.29, 1.82) is 0 Å². The third-order valence-corrected chi connectivity index (χ3v) is 3.62. The molecule has 1 saturated heterocycles. The number of carboxylic acid groups (broad SMARTS) is 1. The van der Waals surface area contributed by atoms with E-state index in [9.17, 15) is 9.59 Å². The monoisotopic (exact) mass is 247 g/mol. The molecule has 1 rings (SSSR count). The summed E-state index contributed by atoms with van der Waals surface area (Å²) in [5, 5.41) is 8.98. The fraction of sp³-hybridized carbons (Fsp3) is 0.800. The molecule has 0 aromatic rings. The molecule has 5 nitrogen and oxygen atoms in total. The van der Waals surface area contributed by atoms with E-state index in [2.05, 4.69) is 0 Å². The molecule has 1 N–H and O–H groups in total. The Morgan fingerprint density at radius 2 is 2.19 bits per heavy atom. The lowest BCUT2D eigenvalue weighted by Gasteiger charge is -2.29. The van der Waals surface area contributed by atoms with Gasteiger partial charge in [0.2, 0.25) is 0 Å². The lowest BCUT2D eigenvalue weighted by Crippen LogP contribution is -2.53. The average Bonchev–Trinajstić information content (AvgIpc) is 2.58. The number of amides is 1. The van der Waals surface area contributed by atoms with Crippen LogP contribution < -0.4 is 0 Å². The molecule has 6 heteroatoms. The maximum Gasteiger partial charge on any atom is 0.408 e. The first kappa shape index (κ1) is 13.2. The molecule has 0 aromatic heterocycles. The van der Waals surface area contributed by atoms with Crippen LogP contribution in [0.1, 0.15) is 20.8 Å². The minimum absolute atomic E-state index is 0.250. The fourth-order valence-corrected chi connectivity index (χ4v) is 2.73. The van der Waals surface area contributed by atoms with Crippen molar-refractivity contribution in [2.24, 2.45) is 5.92 Å². The van der Waals surface area contributed by atoms with E-state index in [1.807, 2.05) is 13.8 Å². The molecule has 0 aromatic carbocycles. The Bertz CT molecular complexity index is 295. The minimum Gasteiger partial charge on any atom is -0.465 e. The highest BCUT2D eigenvalue weighted by Crippen LogP contribution is 2.31. The Kier molecular flexibility index (Phi) is 4.07. The molecule has 1 aliphatic rings. The molecule has 1 atom stereocenters. The smallest absolute Gasteiger partial charge is 0.408 e. The van der Waals surface area contributed by atoms with Crippen LogP contribution in [0.4, 0.5) is 4.79 Å². The summed E-state index contributed by atoms with van der Waals surface area (Å²) < 4.78 is 5.11. The van der Waals surface area contributed by atoms with E-state index in [-0.39, 0.29) is 5.92 Å². The van der Waals surface area contributed by atoms with Gasteiger partial charge in [-0.2, -0.15) is 0 Å². The number of hydrogen-bond donors (Lipinski definition) is 1. The van der Waals surface area contributed by atoms with Crippen LogP contribution in [0.25, 0.3) is 0 Å². The number of carbonyl (C=O) groups is 2. The molecule has 92 valence electrons. The zero-order valence-electron chi connectivity index (χ0n) is 9.73. The highest BCUT2D eigenvalue weighted by molar-refractivity contribution is 7.99. The van der Waals surface area contributed by atoms with E-state index in [4.69, 9.17) is 9.84 Å². The van der Waals surface area contributed by atoms with Crippen molar-refractivity contribution in [1.82, 2.24) is 4.90 Å². The van der Waals surface area contributed by atoms with Crippen molar-refractivity contribution in [3.63, 3.8) is 0 Å². The summed E-state index contributed by atoms with van der Waals surface area (Å²) in [6.07, 6.45) is -1.08. The van der Waals surface area contributed by atoms with E-state index in [0.717, 1.165) is 4.90 Å². The van der Waals surface area contributed by atoms with E-state index in [1.165, 1.54) is 11.8 Å². The molecule has 1 heterocycles. The summed E-state index contributed by atoms with van der Waals surface area (Å²) in [4.78, 5) is 23.9. The van der Waals surface area contributed by atoms with Gasteiger partial charge in [0.15, 0.2) is 5.54 Å². The van der Waals surface area contributed by atoms with Gasteiger partial charge in [-0.3, -0.25) is 4.90 Å². The second-order valence-electron chi connectivity index (χ2n) is 4.45. The molecule has 16 heavy (non-hydrogen) atoms. The molecule has 0 saturated carbocycles. The first-order chi connectivity index (χ1) is 7.38. The van der Waals surface area contributed by atoms with E-state index >= 15 is 0 Å². The molecule has 1 unspecified atom stereocenters. The quantitative estimate of drug-likeness (QED) is 0.768. The Morgan fingerprint density at radius 3 is 2.69 bits per heavy atom. The number of ether oxygens (including phenoxy) is 1. The van der Waals surface area contributed by atoms with Crippen molar-refractivity contribution in [3.8, 4) is 0 Å². The highest BCUT2D eigenvalue weighted by atomic mass is 32.2. The largest absolute Gasteiger partial charge is 0.465 e. The minimum atomic E-state index is -1.08. The molecule has 0 bridgehead atoms. The third kappa shape index (κ3) is 2.61. The molecular formula is C10H17NO4S. The van der Waals surface area contributed by atoms with Crippen molar-refractivity contribution >= 4 is 23.8 Å². The molecule has 0 aliphatic carbocycles. The lowest BCUT2D eigenvalue weighted by molar-refractivity contribution is -0.154. The second-order valence-corrected chi connectivity index (χ2v) is 5.41. The van der Waals surface area contributed by atoms with E-state index in [0.29, 0.717) is 18.2 Å². The zero-order valence-corrected chi connectivity index (χ0v) is 10.5. The van der Waals surface area contributed by atoms with Crippen LogP contribution in [0.15, 0.2) is 0 Å².